The standard InChI is InChI=1S/C14H22F3N3O3S/c1-20-13(14(15,16)17)12(10-18-20)24(21,22)19-8-5-9-23-11-6-3-2-4-7-11/h10-11,19H,2-9H2,1H3. The van der Waals surface area contributed by atoms with Gasteiger partial charge in [-0.15, -0.1) is 0 Å². The maximum absolute atomic E-state index is 12.9. The van der Waals surface area contributed by atoms with Gasteiger partial charge in [-0.2, -0.15) is 18.3 Å². The van der Waals surface area contributed by atoms with Gasteiger partial charge >= 0.3 is 6.18 Å². The van der Waals surface area contributed by atoms with Crippen LogP contribution in [0.3, 0.4) is 0 Å². The third kappa shape index (κ3) is 4.93. The Morgan fingerprint density at radius 3 is 2.62 bits per heavy atom. The number of hydrogen-bond acceptors (Lipinski definition) is 4. The minimum atomic E-state index is -4.79. The second-order valence-corrected chi connectivity index (χ2v) is 7.60. The largest absolute Gasteiger partial charge is 0.434 e. The van der Waals surface area contributed by atoms with Gasteiger partial charge in [0.2, 0.25) is 10.0 Å². The molecule has 24 heavy (non-hydrogen) atoms. The zero-order valence-electron chi connectivity index (χ0n) is 13.5. The zero-order chi connectivity index (χ0) is 17.8. The lowest BCUT2D eigenvalue weighted by Crippen LogP contribution is -2.28. The van der Waals surface area contributed by atoms with Gasteiger partial charge in [-0.1, -0.05) is 19.3 Å². The van der Waals surface area contributed by atoms with Gasteiger partial charge in [-0.05, 0) is 19.3 Å². The Kier molecular flexibility index (Phi) is 6.27. The number of ether oxygens (including phenoxy) is 1. The molecular formula is C14H22F3N3O3S. The second-order valence-electron chi connectivity index (χ2n) is 5.86. The van der Waals surface area contributed by atoms with Crippen LogP contribution in [0, 0.1) is 0 Å². The average Bonchev–Trinajstić information content (AvgIpc) is 2.91. The molecule has 1 heterocycles. The van der Waals surface area contributed by atoms with Crippen LogP contribution in [0.1, 0.15) is 44.2 Å². The number of nitrogens with one attached hydrogen (secondary N) is 1. The normalized spacial score (nSPS) is 17.3. The highest BCUT2D eigenvalue weighted by molar-refractivity contribution is 7.89. The van der Waals surface area contributed by atoms with Crippen LogP contribution in [0.15, 0.2) is 11.1 Å². The molecular weight excluding hydrogens is 347 g/mol. The molecule has 0 unspecified atom stereocenters. The van der Waals surface area contributed by atoms with E-state index in [1.807, 2.05) is 0 Å². The van der Waals surface area contributed by atoms with E-state index in [0.717, 1.165) is 32.7 Å². The molecule has 0 bridgehead atoms. The lowest BCUT2D eigenvalue weighted by atomic mass is 9.98. The molecule has 2 rings (SSSR count). The summed E-state index contributed by atoms with van der Waals surface area (Å²) in [6, 6.07) is 0. The summed E-state index contributed by atoms with van der Waals surface area (Å²) in [4.78, 5) is -0.856. The minimum Gasteiger partial charge on any atom is -0.378 e. The predicted octanol–water partition coefficient (Wildman–Crippen LogP) is 2.46. The smallest absolute Gasteiger partial charge is 0.378 e. The number of alkyl halides is 3. The molecule has 0 atom stereocenters. The van der Waals surface area contributed by atoms with Crippen LogP contribution in [0.4, 0.5) is 13.2 Å². The summed E-state index contributed by atoms with van der Waals surface area (Å²) in [5.41, 5.74) is -1.28. The SMILES string of the molecule is Cn1ncc(S(=O)(=O)NCCCOC2CCCCC2)c1C(F)(F)F. The van der Waals surface area contributed by atoms with Crippen molar-refractivity contribution in [1.29, 1.82) is 0 Å². The van der Waals surface area contributed by atoms with Crippen molar-refractivity contribution in [3.8, 4) is 0 Å². The van der Waals surface area contributed by atoms with Gasteiger partial charge in [0, 0.05) is 20.2 Å². The third-order valence-corrected chi connectivity index (χ3v) is 5.44. The first-order valence-electron chi connectivity index (χ1n) is 7.92. The van der Waals surface area contributed by atoms with Crippen LogP contribution < -0.4 is 4.72 Å². The minimum absolute atomic E-state index is 0.0151. The van der Waals surface area contributed by atoms with E-state index in [0.29, 0.717) is 23.9 Å². The Morgan fingerprint density at radius 2 is 2.00 bits per heavy atom. The van der Waals surface area contributed by atoms with E-state index in [1.165, 1.54) is 6.42 Å². The van der Waals surface area contributed by atoms with Crippen molar-refractivity contribution in [2.24, 2.45) is 7.05 Å². The molecule has 0 radical (unpaired) electrons. The fraction of sp³-hybridized carbons (Fsp3) is 0.786. The summed E-state index contributed by atoms with van der Waals surface area (Å²) >= 11 is 0. The van der Waals surface area contributed by atoms with Crippen molar-refractivity contribution >= 4 is 10.0 Å². The molecule has 6 nitrogen and oxygen atoms in total. The molecule has 1 aromatic heterocycles. The molecule has 1 N–H and O–H groups in total. The van der Waals surface area contributed by atoms with Crippen LogP contribution >= 0.6 is 0 Å². The first kappa shape index (κ1) is 19.2. The molecule has 0 saturated heterocycles. The molecule has 1 saturated carbocycles. The zero-order valence-corrected chi connectivity index (χ0v) is 14.3. The van der Waals surface area contributed by atoms with Crippen molar-refractivity contribution in [1.82, 2.24) is 14.5 Å². The molecule has 1 aliphatic carbocycles. The first-order chi connectivity index (χ1) is 11.2. The fourth-order valence-corrected chi connectivity index (χ4v) is 4.03. The molecule has 0 spiro atoms. The molecule has 10 heteroatoms. The van der Waals surface area contributed by atoms with Crippen LogP contribution in [0.5, 0.6) is 0 Å². The van der Waals surface area contributed by atoms with Crippen LogP contribution in [-0.4, -0.2) is 37.5 Å². The van der Waals surface area contributed by atoms with Crippen molar-refractivity contribution in [2.75, 3.05) is 13.2 Å². The quantitative estimate of drug-likeness (QED) is 0.750. The molecule has 0 aliphatic heterocycles. The van der Waals surface area contributed by atoms with Gasteiger partial charge in [-0.3, -0.25) is 4.68 Å². The molecule has 0 aromatic carbocycles. The topological polar surface area (TPSA) is 73.2 Å². The summed E-state index contributed by atoms with van der Waals surface area (Å²) in [6.07, 6.45) is 2.04. The molecule has 138 valence electrons. The van der Waals surface area contributed by atoms with E-state index in [2.05, 4.69) is 9.82 Å². The van der Waals surface area contributed by atoms with E-state index in [4.69, 9.17) is 4.74 Å². The Bertz CT molecular complexity index is 637. The van der Waals surface area contributed by atoms with Crippen LogP contribution in [-0.2, 0) is 28.0 Å². The predicted molar refractivity (Wildman–Crippen MR) is 80.8 cm³/mol. The van der Waals surface area contributed by atoms with Gasteiger partial charge in [0.15, 0.2) is 5.69 Å². The monoisotopic (exact) mass is 369 g/mol. The Labute approximate surface area is 139 Å². The van der Waals surface area contributed by atoms with Crippen molar-refractivity contribution in [3.63, 3.8) is 0 Å². The van der Waals surface area contributed by atoms with Gasteiger partial charge in [0.1, 0.15) is 4.90 Å². The molecule has 1 aromatic rings. The van der Waals surface area contributed by atoms with E-state index < -0.39 is 26.8 Å². The number of aromatic nitrogens is 2. The first-order valence-corrected chi connectivity index (χ1v) is 9.40. The van der Waals surface area contributed by atoms with E-state index in [-0.39, 0.29) is 12.6 Å². The second kappa shape index (κ2) is 7.83. The highest BCUT2D eigenvalue weighted by atomic mass is 32.2. The van der Waals surface area contributed by atoms with Crippen LogP contribution in [0.25, 0.3) is 0 Å². The van der Waals surface area contributed by atoms with Crippen LogP contribution in [0.2, 0.25) is 0 Å². The third-order valence-electron chi connectivity index (χ3n) is 3.98. The molecule has 1 aliphatic rings. The number of halogens is 3. The maximum atomic E-state index is 12.9. The van der Waals surface area contributed by atoms with E-state index in [1.54, 1.807) is 0 Å². The number of hydrogen-bond donors (Lipinski definition) is 1. The lowest BCUT2D eigenvalue weighted by Gasteiger charge is -2.21. The van der Waals surface area contributed by atoms with Crippen molar-refractivity contribution < 1.29 is 26.3 Å². The molecule has 0 amide bonds. The highest BCUT2D eigenvalue weighted by Crippen LogP contribution is 2.33. The number of aryl methyl sites for hydroxylation is 1. The Morgan fingerprint density at radius 1 is 1.33 bits per heavy atom. The summed E-state index contributed by atoms with van der Waals surface area (Å²) in [7, 11) is -3.21. The van der Waals surface area contributed by atoms with Crippen molar-refractivity contribution in [2.45, 2.75) is 55.7 Å². The number of rotatable bonds is 7. The summed E-state index contributed by atoms with van der Waals surface area (Å²) < 4.78 is 71.3. The van der Waals surface area contributed by atoms with Gasteiger partial charge < -0.3 is 4.74 Å². The van der Waals surface area contributed by atoms with Gasteiger partial charge in [-0.25, -0.2) is 13.1 Å². The summed E-state index contributed by atoms with van der Waals surface area (Å²) in [5, 5.41) is 3.41. The lowest BCUT2D eigenvalue weighted by molar-refractivity contribution is -0.146. The maximum Gasteiger partial charge on any atom is 0.434 e. The average molecular weight is 369 g/mol. The number of sulfonamides is 1. The fourth-order valence-electron chi connectivity index (χ4n) is 2.78. The molecule has 1 fully saturated rings. The Hall–Kier alpha value is -1.13. The summed E-state index contributed by atoms with van der Waals surface area (Å²) in [5.74, 6) is 0. The van der Waals surface area contributed by atoms with Gasteiger partial charge in [0.25, 0.3) is 0 Å². The number of nitrogens with zero attached hydrogens (tertiary/aromatic N) is 2. The van der Waals surface area contributed by atoms with Crippen molar-refractivity contribution in [3.05, 3.63) is 11.9 Å². The van der Waals surface area contributed by atoms with E-state index in [9.17, 15) is 21.6 Å². The Balaban J connectivity index is 1.86. The highest BCUT2D eigenvalue weighted by Gasteiger charge is 2.41. The van der Waals surface area contributed by atoms with Gasteiger partial charge in [0.05, 0.1) is 12.3 Å². The van der Waals surface area contributed by atoms with E-state index >= 15 is 0 Å². The summed E-state index contributed by atoms with van der Waals surface area (Å²) in [6.45, 7) is 0.396.